The molecule has 17 heavy (non-hydrogen) atoms. The lowest BCUT2D eigenvalue weighted by atomic mass is 10.2. The van der Waals surface area contributed by atoms with Gasteiger partial charge in [0.2, 0.25) is 5.91 Å². The van der Waals surface area contributed by atoms with E-state index in [1.54, 1.807) is 0 Å². The van der Waals surface area contributed by atoms with E-state index in [0.29, 0.717) is 18.7 Å². The monoisotopic (exact) mass is 235 g/mol. The van der Waals surface area contributed by atoms with Crippen molar-refractivity contribution in [1.29, 1.82) is 0 Å². The summed E-state index contributed by atoms with van der Waals surface area (Å²) in [6.07, 6.45) is 0.496. The fourth-order valence-corrected chi connectivity index (χ4v) is 1.70. The van der Waals surface area contributed by atoms with Crippen LogP contribution in [0.25, 0.3) is 0 Å². The number of nitrogens with zero attached hydrogens (tertiary/aromatic N) is 1. The average Bonchev–Trinajstić information content (AvgIpc) is 2.33. The van der Waals surface area contributed by atoms with E-state index in [-0.39, 0.29) is 5.91 Å². The molecule has 0 aliphatic carbocycles. The minimum absolute atomic E-state index is 0.178. The van der Waals surface area contributed by atoms with Gasteiger partial charge in [0.15, 0.2) is 0 Å². The Morgan fingerprint density at radius 3 is 2.53 bits per heavy atom. The summed E-state index contributed by atoms with van der Waals surface area (Å²) in [6.45, 7) is 6.13. The van der Waals surface area contributed by atoms with Gasteiger partial charge in [0.05, 0.1) is 11.4 Å². The van der Waals surface area contributed by atoms with Crippen LogP contribution in [0.4, 0.5) is 11.4 Å². The molecule has 0 radical (unpaired) electrons. The topological polar surface area (TPSA) is 58.4 Å². The van der Waals surface area contributed by atoms with Crippen molar-refractivity contribution in [3.8, 4) is 0 Å². The van der Waals surface area contributed by atoms with Crippen LogP contribution < -0.4 is 11.1 Å². The first kappa shape index (κ1) is 13.4. The Balaban J connectivity index is 2.38. The van der Waals surface area contributed by atoms with Gasteiger partial charge >= 0.3 is 0 Å². The van der Waals surface area contributed by atoms with Crippen LogP contribution >= 0.6 is 0 Å². The van der Waals surface area contributed by atoms with Gasteiger partial charge in [0, 0.05) is 26.1 Å². The molecule has 1 aromatic rings. The fourth-order valence-electron chi connectivity index (χ4n) is 1.70. The van der Waals surface area contributed by atoms with Crippen LogP contribution in [0, 0.1) is 0 Å². The van der Waals surface area contributed by atoms with Gasteiger partial charge in [-0.15, -0.1) is 0 Å². The van der Waals surface area contributed by atoms with Crippen LogP contribution in [-0.2, 0) is 4.79 Å². The average molecular weight is 235 g/mol. The van der Waals surface area contributed by atoms with Crippen LogP contribution in [0.2, 0.25) is 0 Å². The molecular weight excluding hydrogens is 214 g/mol. The van der Waals surface area contributed by atoms with Crippen LogP contribution in [0.15, 0.2) is 24.3 Å². The predicted octanol–water partition coefficient (Wildman–Crippen LogP) is 1.94. The third-order valence-corrected chi connectivity index (χ3v) is 2.73. The minimum atomic E-state index is 0.178. The zero-order valence-electron chi connectivity index (χ0n) is 10.6. The molecule has 0 aliphatic rings. The second kappa shape index (κ2) is 6.78. The summed E-state index contributed by atoms with van der Waals surface area (Å²) in [5.41, 5.74) is 7.39. The van der Waals surface area contributed by atoms with E-state index in [1.807, 2.05) is 43.0 Å². The van der Waals surface area contributed by atoms with Gasteiger partial charge in [-0.05, 0) is 26.0 Å². The van der Waals surface area contributed by atoms with E-state index in [2.05, 4.69) is 5.32 Å². The first-order valence-corrected chi connectivity index (χ1v) is 6.05. The number of amides is 1. The highest BCUT2D eigenvalue weighted by Crippen LogP contribution is 2.16. The second-order valence-electron chi connectivity index (χ2n) is 3.83. The van der Waals surface area contributed by atoms with E-state index in [0.717, 1.165) is 18.8 Å². The lowest BCUT2D eigenvalue weighted by Crippen LogP contribution is -2.31. The number of nitrogens with two attached hydrogens (primary N) is 1. The van der Waals surface area contributed by atoms with Gasteiger partial charge in [0.1, 0.15) is 0 Å². The number of anilines is 2. The van der Waals surface area contributed by atoms with Crippen LogP contribution in [0.1, 0.15) is 20.3 Å². The SMILES string of the molecule is CCN(CC)C(=O)CCNc1ccccc1N. The quantitative estimate of drug-likeness (QED) is 0.741. The van der Waals surface area contributed by atoms with E-state index in [9.17, 15) is 4.79 Å². The van der Waals surface area contributed by atoms with Crippen LogP contribution in [-0.4, -0.2) is 30.4 Å². The number of hydrogen-bond donors (Lipinski definition) is 2. The Labute approximate surface area is 103 Å². The number of carbonyl (C=O) groups is 1. The molecule has 0 aromatic heterocycles. The number of nitrogen functional groups attached to an aromatic ring is 1. The van der Waals surface area contributed by atoms with Gasteiger partial charge in [-0.25, -0.2) is 0 Å². The van der Waals surface area contributed by atoms with E-state index >= 15 is 0 Å². The van der Waals surface area contributed by atoms with Crippen molar-refractivity contribution >= 4 is 17.3 Å². The largest absolute Gasteiger partial charge is 0.397 e. The summed E-state index contributed by atoms with van der Waals surface area (Å²) in [5, 5.41) is 3.17. The summed E-state index contributed by atoms with van der Waals surface area (Å²) in [6, 6.07) is 7.57. The third kappa shape index (κ3) is 3.98. The number of hydrogen-bond acceptors (Lipinski definition) is 3. The van der Waals surface area contributed by atoms with Crippen molar-refractivity contribution in [2.24, 2.45) is 0 Å². The van der Waals surface area contributed by atoms with E-state index < -0.39 is 0 Å². The summed E-state index contributed by atoms with van der Waals surface area (Å²) < 4.78 is 0. The third-order valence-electron chi connectivity index (χ3n) is 2.73. The Kier molecular flexibility index (Phi) is 5.33. The van der Waals surface area contributed by atoms with Crippen molar-refractivity contribution in [3.05, 3.63) is 24.3 Å². The molecule has 0 aliphatic heterocycles. The number of benzene rings is 1. The number of rotatable bonds is 6. The first-order chi connectivity index (χ1) is 8.19. The van der Waals surface area contributed by atoms with Crippen LogP contribution in [0.3, 0.4) is 0 Å². The molecule has 4 heteroatoms. The highest BCUT2D eigenvalue weighted by atomic mass is 16.2. The maximum atomic E-state index is 11.7. The van der Waals surface area contributed by atoms with Gasteiger partial charge in [-0.2, -0.15) is 0 Å². The predicted molar refractivity (Wildman–Crippen MR) is 71.9 cm³/mol. The van der Waals surface area contributed by atoms with E-state index in [4.69, 9.17) is 5.73 Å². The molecule has 0 saturated heterocycles. The molecule has 0 atom stereocenters. The van der Waals surface area contributed by atoms with Crippen molar-refractivity contribution in [1.82, 2.24) is 4.90 Å². The number of nitrogens with one attached hydrogen (secondary N) is 1. The van der Waals surface area contributed by atoms with Gasteiger partial charge in [-0.1, -0.05) is 12.1 Å². The minimum Gasteiger partial charge on any atom is -0.397 e. The summed E-state index contributed by atoms with van der Waals surface area (Å²) in [4.78, 5) is 13.6. The van der Waals surface area contributed by atoms with Crippen molar-refractivity contribution in [2.45, 2.75) is 20.3 Å². The molecule has 1 amide bonds. The first-order valence-electron chi connectivity index (χ1n) is 6.05. The lowest BCUT2D eigenvalue weighted by Gasteiger charge is -2.18. The molecule has 0 saturated carbocycles. The molecule has 1 rings (SSSR count). The molecule has 94 valence electrons. The van der Waals surface area contributed by atoms with Crippen molar-refractivity contribution < 1.29 is 4.79 Å². The lowest BCUT2D eigenvalue weighted by molar-refractivity contribution is -0.130. The van der Waals surface area contributed by atoms with Crippen molar-refractivity contribution in [2.75, 3.05) is 30.7 Å². The maximum Gasteiger partial charge on any atom is 0.224 e. The Hall–Kier alpha value is -1.71. The Bertz CT molecular complexity index is 361. The summed E-state index contributed by atoms with van der Waals surface area (Å²) >= 11 is 0. The fraction of sp³-hybridized carbons (Fsp3) is 0.462. The molecule has 0 unspecified atom stereocenters. The molecule has 0 spiro atoms. The van der Waals surface area contributed by atoms with Gasteiger partial charge in [-0.3, -0.25) is 4.79 Å². The molecule has 0 heterocycles. The Morgan fingerprint density at radius 2 is 1.94 bits per heavy atom. The highest BCUT2D eigenvalue weighted by Gasteiger charge is 2.08. The van der Waals surface area contributed by atoms with Crippen molar-refractivity contribution in [3.63, 3.8) is 0 Å². The molecular formula is C13H21N3O. The van der Waals surface area contributed by atoms with E-state index in [1.165, 1.54) is 0 Å². The normalized spacial score (nSPS) is 10.0. The molecule has 3 N–H and O–H groups in total. The van der Waals surface area contributed by atoms with Crippen LogP contribution in [0.5, 0.6) is 0 Å². The zero-order chi connectivity index (χ0) is 12.7. The maximum absolute atomic E-state index is 11.7. The molecule has 4 nitrogen and oxygen atoms in total. The smallest absolute Gasteiger partial charge is 0.224 e. The molecule has 0 bridgehead atoms. The summed E-state index contributed by atoms with van der Waals surface area (Å²) in [7, 11) is 0. The van der Waals surface area contributed by atoms with Gasteiger partial charge in [0.25, 0.3) is 0 Å². The van der Waals surface area contributed by atoms with Gasteiger partial charge < -0.3 is 16.0 Å². The Morgan fingerprint density at radius 1 is 1.29 bits per heavy atom. The molecule has 0 fully saturated rings. The standard InChI is InChI=1S/C13H21N3O/c1-3-16(4-2)13(17)9-10-15-12-8-6-5-7-11(12)14/h5-8,15H,3-4,9-10,14H2,1-2H3. The second-order valence-corrected chi connectivity index (χ2v) is 3.83. The molecule has 1 aromatic carbocycles. The number of para-hydroxylation sites is 2. The highest BCUT2D eigenvalue weighted by molar-refractivity contribution is 5.77. The number of carbonyl (C=O) groups excluding carboxylic acids is 1. The zero-order valence-corrected chi connectivity index (χ0v) is 10.6. The summed E-state index contributed by atoms with van der Waals surface area (Å²) in [5.74, 6) is 0.178.